The van der Waals surface area contributed by atoms with Gasteiger partial charge >= 0.3 is 0 Å². The highest BCUT2D eigenvalue weighted by Crippen LogP contribution is 2.24. The van der Waals surface area contributed by atoms with Crippen molar-refractivity contribution < 1.29 is 25.2 Å². The summed E-state index contributed by atoms with van der Waals surface area (Å²) in [5.41, 5.74) is 1.15. The minimum atomic E-state index is -1.47. The monoisotopic (exact) mass is 286 g/mol. The van der Waals surface area contributed by atoms with Gasteiger partial charge in [0.2, 0.25) is 0 Å². The SMILES string of the molecule is OC1O[C@H](CSCc2ccccc2)[C@H](O)[C@@H](O)[C@@H]1O. The molecule has 0 aromatic heterocycles. The van der Waals surface area contributed by atoms with Crippen LogP contribution in [-0.4, -0.2) is 56.9 Å². The molecule has 1 saturated heterocycles. The highest BCUT2D eigenvalue weighted by Gasteiger charge is 2.42. The predicted molar refractivity (Wildman–Crippen MR) is 71.5 cm³/mol. The number of aliphatic hydroxyl groups is 4. The molecule has 0 radical (unpaired) electrons. The number of thioether (sulfide) groups is 1. The number of ether oxygens (including phenoxy) is 1. The van der Waals surface area contributed by atoms with Crippen LogP contribution in [0.1, 0.15) is 5.56 Å². The molecule has 1 unspecified atom stereocenters. The molecule has 6 heteroatoms. The first-order chi connectivity index (χ1) is 9.09. The van der Waals surface area contributed by atoms with Gasteiger partial charge < -0.3 is 25.2 Å². The van der Waals surface area contributed by atoms with Crippen molar-refractivity contribution in [3.63, 3.8) is 0 Å². The predicted octanol–water partition coefficient (Wildman–Crippen LogP) is -0.280. The van der Waals surface area contributed by atoms with Gasteiger partial charge in [-0.05, 0) is 5.56 Å². The van der Waals surface area contributed by atoms with Crippen molar-refractivity contribution >= 4 is 11.8 Å². The van der Waals surface area contributed by atoms with E-state index in [1.807, 2.05) is 30.3 Å². The van der Waals surface area contributed by atoms with Crippen LogP contribution in [0.3, 0.4) is 0 Å². The van der Waals surface area contributed by atoms with Gasteiger partial charge in [-0.2, -0.15) is 11.8 Å². The molecule has 1 aromatic carbocycles. The zero-order valence-corrected chi connectivity index (χ0v) is 11.1. The molecule has 1 aliphatic heterocycles. The summed E-state index contributed by atoms with van der Waals surface area (Å²) in [6.07, 6.45) is -6.19. The third-order valence-electron chi connectivity index (χ3n) is 3.08. The molecule has 0 aliphatic carbocycles. The lowest BCUT2D eigenvalue weighted by Gasteiger charge is -2.38. The number of rotatable bonds is 4. The topological polar surface area (TPSA) is 90.2 Å². The van der Waals surface area contributed by atoms with Crippen LogP contribution in [0.4, 0.5) is 0 Å². The first-order valence-electron chi connectivity index (χ1n) is 6.09. The molecule has 2 rings (SSSR count). The molecule has 1 aliphatic rings. The molecule has 19 heavy (non-hydrogen) atoms. The highest BCUT2D eigenvalue weighted by atomic mass is 32.2. The van der Waals surface area contributed by atoms with Crippen LogP contribution >= 0.6 is 11.8 Å². The second kappa shape index (κ2) is 6.69. The lowest BCUT2D eigenvalue weighted by Crippen LogP contribution is -2.58. The Labute approximate surface area is 115 Å². The first kappa shape index (κ1) is 14.8. The minimum absolute atomic E-state index is 0.427. The number of hydrogen-bond acceptors (Lipinski definition) is 6. The van der Waals surface area contributed by atoms with Crippen molar-refractivity contribution in [2.45, 2.75) is 36.5 Å². The second-order valence-corrected chi connectivity index (χ2v) is 5.57. The summed E-state index contributed by atoms with van der Waals surface area (Å²) < 4.78 is 5.09. The molecule has 0 saturated carbocycles. The summed E-state index contributed by atoms with van der Waals surface area (Å²) in [6, 6.07) is 9.84. The summed E-state index contributed by atoms with van der Waals surface area (Å²) in [7, 11) is 0. The fourth-order valence-corrected chi connectivity index (χ4v) is 2.99. The summed E-state index contributed by atoms with van der Waals surface area (Å²) in [5.74, 6) is 1.18. The van der Waals surface area contributed by atoms with Crippen molar-refractivity contribution in [2.75, 3.05) is 5.75 Å². The Bertz CT molecular complexity index is 388. The summed E-state index contributed by atoms with van der Waals surface area (Å²) in [4.78, 5) is 0. The van der Waals surface area contributed by atoms with E-state index in [-0.39, 0.29) is 0 Å². The number of hydrogen-bond donors (Lipinski definition) is 4. The van der Waals surface area contributed by atoms with Gasteiger partial charge in [-0.25, -0.2) is 0 Å². The Balaban J connectivity index is 1.82. The quantitative estimate of drug-likeness (QED) is 0.609. The van der Waals surface area contributed by atoms with E-state index in [4.69, 9.17) is 4.74 Å². The zero-order valence-electron chi connectivity index (χ0n) is 10.3. The van der Waals surface area contributed by atoms with E-state index in [9.17, 15) is 20.4 Å². The number of aliphatic hydroxyl groups excluding tert-OH is 4. The molecule has 0 bridgehead atoms. The Hall–Kier alpha value is -0.630. The maximum atomic E-state index is 9.76. The molecular formula is C13H18O5S. The zero-order chi connectivity index (χ0) is 13.8. The fraction of sp³-hybridized carbons (Fsp3) is 0.538. The smallest absolute Gasteiger partial charge is 0.183 e. The molecule has 0 spiro atoms. The van der Waals surface area contributed by atoms with Crippen LogP contribution in [0.2, 0.25) is 0 Å². The van der Waals surface area contributed by atoms with Crippen molar-refractivity contribution in [3.8, 4) is 0 Å². The van der Waals surface area contributed by atoms with E-state index in [1.54, 1.807) is 0 Å². The third kappa shape index (κ3) is 3.68. The van der Waals surface area contributed by atoms with Crippen molar-refractivity contribution in [2.24, 2.45) is 0 Å². The Kier molecular flexibility index (Phi) is 5.20. The van der Waals surface area contributed by atoms with Crippen molar-refractivity contribution in [1.29, 1.82) is 0 Å². The van der Waals surface area contributed by atoms with Crippen LogP contribution < -0.4 is 0 Å². The fourth-order valence-electron chi connectivity index (χ4n) is 1.94. The largest absolute Gasteiger partial charge is 0.388 e. The highest BCUT2D eigenvalue weighted by molar-refractivity contribution is 7.98. The van der Waals surface area contributed by atoms with Crippen molar-refractivity contribution in [1.82, 2.24) is 0 Å². The summed E-state index contributed by atoms with van der Waals surface area (Å²) in [6.45, 7) is 0. The molecule has 4 N–H and O–H groups in total. The van der Waals surface area contributed by atoms with E-state index in [2.05, 4.69) is 0 Å². The van der Waals surface area contributed by atoms with E-state index in [1.165, 1.54) is 11.8 Å². The van der Waals surface area contributed by atoms with Gasteiger partial charge in [0, 0.05) is 11.5 Å². The standard InChI is InChI=1S/C13H18O5S/c14-10-9(18-13(17)12(16)11(10)15)7-19-6-8-4-2-1-3-5-8/h1-5,9-17H,6-7H2/t9-,10+,11-,12+,13?/m1/s1. The second-order valence-electron chi connectivity index (χ2n) is 4.54. The van der Waals surface area contributed by atoms with Gasteiger partial charge in [-0.3, -0.25) is 0 Å². The Morgan fingerprint density at radius 2 is 1.63 bits per heavy atom. The van der Waals surface area contributed by atoms with Crippen molar-refractivity contribution in [3.05, 3.63) is 35.9 Å². The Morgan fingerprint density at radius 3 is 2.32 bits per heavy atom. The van der Waals surface area contributed by atoms with Gasteiger partial charge in [0.25, 0.3) is 0 Å². The molecular weight excluding hydrogens is 268 g/mol. The van der Waals surface area contributed by atoms with E-state index in [0.717, 1.165) is 11.3 Å². The molecule has 1 heterocycles. The molecule has 0 amide bonds. The summed E-state index contributed by atoms with van der Waals surface area (Å²) >= 11 is 1.53. The van der Waals surface area contributed by atoms with Gasteiger partial charge in [-0.15, -0.1) is 0 Å². The summed E-state index contributed by atoms with van der Waals surface area (Å²) in [5, 5.41) is 38.1. The van der Waals surface area contributed by atoms with Gasteiger partial charge in [0.1, 0.15) is 18.3 Å². The van der Waals surface area contributed by atoms with Crippen LogP contribution in [-0.2, 0) is 10.5 Å². The van der Waals surface area contributed by atoms with Crippen LogP contribution in [0.25, 0.3) is 0 Å². The molecule has 1 fully saturated rings. The lowest BCUT2D eigenvalue weighted by molar-refractivity contribution is -0.276. The van der Waals surface area contributed by atoms with Gasteiger partial charge in [-0.1, -0.05) is 30.3 Å². The van der Waals surface area contributed by atoms with E-state index >= 15 is 0 Å². The van der Waals surface area contributed by atoms with E-state index < -0.39 is 30.7 Å². The third-order valence-corrected chi connectivity index (χ3v) is 4.18. The van der Waals surface area contributed by atoms with Crippen LogP contribution in [0.5, 0.6) is 0 Å². The lowest BCUT2D eigenvalue weighted by atomic mass is 10.0. The number of benzene rings is 1. The molecule has 5 atom stereocenters. The average molecular weight is 286 g/mol. The molecule has 106 valence electrons. The average Bonchev–Trinajstić information content (AvgIpc) is 2.43. The molecule has 5 nitrogen and oxygen atoms in total. The minimum Gasteiger partial charge on any atom is -0.388 e. The normalized spacial score (nSPS) is 35.3. The maximum Gasteiger partial charge on any atom is 0.183 e. The van der Waals surface area contributed by atoms with E-state index in [0.29, 0.717) is 5.75 Å². The van der Waals surface area contributed by atoms with Gasteiger partial charge in [0.15, 0.2) is 6.29 Å². The van der Waals surface area contributed by atoms with Crippen LogP contribution in [0.15, 0.2) is 30.3 Å². The van der Waals surface area contributed by atoms with Crippen LogP contribution in [0, 0.1) is 0 Å². The first-order valence-corrected chi connectivity index (χ1v) is 7.24. The van der Waals surface area contributed by atoms with Gasteiger partial charge in [0.05, 0.1) is 6.10 Å². The maximum absolute atomic E-state index is 9.76. The molecule has 1 aromatic rings. The Morgan fingerprint density at radius 1 is 0.947 bits per heavy atom.